The first-order valence-corrected chi connectivity index (χ1v) is 9.76. The van der Waals surface area contributed by atoms with Gasteiger partial charge in [-0.05, 0) is 26.1 Å². The van der Waals surface area contributed by atoms with E-state index in [4.69, 9.17) is 4.74 Å². The lowest BCUT2D eigenvalue weighted by molar-refractivity contribution is -0.140. The van der Waals surface area contributed by atoms with Crippen LogP contribution in [0.4, 0.5) is 5.69 Å². The van der Waals surface area contributed by atoms with Crippen LogP contribution in [0.3, 0.4) is 0 Å². The third-order valence-electron chi connectivity index (χ3n) is 4.53. The normalized spacial score (nSPS) is 22.0. The molecule has 1 atom stereocenters. The third kappa shape index (κ3) is 3.21. The molecule has 8 heteroatoms. The van der Waals surface area contributed by atoms with Crippen molar-refractivity contribution in [3.05, 3.63) is 24.3 Å². The van der Waals surface area contributed by atoms with Crippen LogP contribution in [0.25, 0.3) is 0 Å². The van der Waals surface area contributed by atoms with Gasteiger partial charge in [-0.15, -0.1) is 0 Å². The first-order valence-electron chi connectivity index (χ1n) is 8.16. The van der Waals surface area contributed by atoms with Crippen molar-refractivity contribution in [1.82, 2.24) is 9.80 Å². The van der Waals surface area contributed by atoms with Gasteiger partial charge in [0.15, 0.2) is 6.10 Å². The standard InChI is InChI=1S/C16H23N3O4S/c1-3-24(21,22)19-12-15(23-14-7-5-4-6-13(14)19)16(20)18-10-8-17(2)9-11-18/h4-7,15H,3,8-12H2,1-2H3/t15-/m0/s1. The lowest BCUT2D eigenvalue weighted by Gasteiger charge is -2.38. The fourth-order valence-electron chi connectivity index (χ4n) is 2.98. The second kappa shape index (κ2) is 6.60. The lowest BCUT2D eigenvalue weighted by atomic mass is 10.2. The van der Waals surface area contributed by atoms with Crippen molar-refractivity contribution < 1.29 is 17.9 Å². The van der Waals surface area contributed by atoms with Gasteiger partial charge in [0.2, 0.25) is 10.0 Å². The Kier molecular flexibility index (Phi) is 4.69. The Hall–Kier alpha value is -1.80. The van der Waals surface area contributed by atoms with E-state index < -0.39 is 16.1 Å². The number of ether oxygens (including phenoxy) is 1. The van der Waals surface area contributed by atoms with Gasteiger partial charge in [0, 0.05) is 26.2 Å². The number of nitrogens with zero attached hydrogens (tertiary/aromatic N) is 3. The smallest absolute Gasteiger partial charge is 0.265 e. The highest BCUT2D eigenvalue weighted by Gasteiger charge is 2.38. The summed E-state index contributed by atoms with van der Waals surface area (Å²) in [7, 11) is -1.45. The number of para-hydroxylation sites is 2. The van der Waals surface area contributed by atoms with Crippen LogP contribution in [-0.4, -0.2) is 75.8 Å². The zero-order chi connectivity index (χ0) is 17.3. The van der Waals surface area contributed by atoms with Gasteiger partial charge in [0.1, 0.15) is 5.75 Å². The molecule has 2 aliphatic heterocycles. The van der Waals surface area contributed by atoms with Crippen molar-refractivity contribution in [3.8, 4) is 5.75 Å². The molecule has 132 valence electrons. The van der Waals surface area contributed by atoms with E-state index in [1.165, 1.54) is 4.31 Å². The van der Waals surface area contributed by atoms with Gasteiger partial charge in [-0.2, -0.15) is 0 Å². The molecule has 1 saturated heterocycles. The van der Waals surface area contributed by atoms with Crippen LogP contribution in [0.5, 0.6) is 5.75 Å². The molecule has 0 saturated carbocycles. The van der Waals surface area contributed by atoms with Gasteiger partial charge < -0.3 is 14.5 Å². The van der Waals surface area contributed by atoms with E-state index in [-0.39, 0.29) is 18.2 Å². The molecule has 1 amide bonds. The largest absolute Gasteiger partial charge is 0.476 e. The number of amides is 1. The maximum absolute atomic E-state index is 12.8. The quantitative estimate of drug-likeness (QED) is 0.786. The molecule has 2 heterocycles. The van der Waals surface area contributed by atoms with Gasteiger partial charge in [-0.1, -0.05) is 12.1 Å². The summed E-state index contributed by atoms with van der Waals surface area (Å²) in [6.07, 6.45) is -0.801. The molecule has 0 unspecified atom stereocenters. The van der Waals surface area contributed by atoms with Crippen LogP contribution in [0.1, 0.15) is 6.92 Å². The topological polar surface area (TPSA) is 70.2 Å². The minimum absolute atomic E-state index is 0.0171. The van der Waals surface area contributed by atoms with Gasteiger partial charge >= 0.3 is 0 Å². The molecule has 0 radical (unpaired) electrons. The van der Waals surface area contributed by atoms with Crippen LogP contribution in [0.2, 0.25) is 0 Å². The van der Waals surface area contributed by atoms with Crippen LogP contribution in [0, 0.1) is 0 Å². The van der Waals surface area contributed by atoms with Gasteiger partial charge in [-0.3, -0.25) is 9.10 Å². The molecular formula is C16H23N3O4S. The molecule has 0 bridgehead atoms. The Balaban J connectivity index is 1.85. The Morgan fingerprint density at radius 1 is 1.21 bits per heavy atom. The maximum atomic E-state index is 12.8. The highest BCUT2D eigenvalue weighted by molar-refractivity contribution is 7.92. The van der Waals surface area contributed by atoms with Crippen molar-refractivity contribution in [2.75, 3.05) is 49.8 Å². The molecule has 0 aliphatic carbocycles. The van der Waals surface area contributed by atoms with E-state index >= 15 is 0 Å². The van der Waals surface area contributed by atoms with E-state index in [0.29, 0.717) is 24.5 Å². The first kappa shape index (κ1) is 17.0. The van der Waals surface area contributed by atoms with Crippen LogP contribution in [0.15, 0.2) is 24.3 Å². The summed E-state index contributed by atoms with van der Waals surface area (Å²) in [5, 5.41) is 0. The molecule has 24 heavy (non-hydrogen) atoms. The predicted molar refractivity (Wildman–Crippen MR) is 91.7 cm³/mol. The van der Waals surface area contributed by atoms with Gasteiger partial charge in [0.05, 0.1) is 18.0 Å². The summed E-state index contributed by atoms with van der Waals surface area (Å²) in [5.74, 6) is 0.277. The van der Waals surface area contributed by atoms with E-state index in [1.54, 1.807) is 36.1 Å². The molecule has 1 fully saturated rings. The number of fused-ring (bicyclic) bond motifs is 1. The SMILES string of the molecule is CCS(=O)(=O)N1C[C@@H](C(=O)N2CCN(C)CC2)Oc2ccccc21. The fourth-order valence-corrected chi connectivity index (χ4v) is 4.11. The Morgan fingerprint density at radius 2 is 1.88 bits per heavy atom. The number of benzene rings is 1. The summed E-state index contributed by atoms with van der Waals surface area (Å²) in [6.45, 7) is 4.52. The van der Waals surface area contributed by atoms with Crippen molar-refractivity contribution >= 4 is 21.6 Å². The van der Waals surface area contributed by atoms with Crippen LogP contribution in [-0.2, 0) is 14.8 Å². The molecule has 7 nitrogen and oxygen atoms in total. The molecule has 0 aromatic heterocycles. The number of sulfonamides is 1. The summed E-state index contributed by atoms with van der Waals surface area (Å²) in [5.41, 5.74) is 0.502. The average Bonchev–Trinajstić information content (AvgIpc) is 2.60. The molecule has 0 N–H and O–H groups in total. The summed E-state index contributed by atoms with van der Waals surface area (Å²) >= 11 is 0. The summed E-state index contributed by atoms with van der Waals surface area (Å²) in [4.78, 5) is 16.7. The minimum atomic E-state index is -3.47. The summed E-state index contributed by atoms with van der Waals surface area (Å²) in [6, 6.07) is 6.96. The zero-order valence-corrected chi connectivity index (χ0v) is 14.8. The van der Waals surface area contributed by atoms with Crippen molar-refractivity contribution in [1.29, 1.82) is 0 Å². The number of anilines is 1. The van der Waals surface area contributed by atoms with Crippen molar-refractivity contribution in [2.24, 2.45) is 0 Å². The minimum Gasteiger partial charge on any atom is -0.476 e. The maximum Gasteiger partial charge on any atom is 0.265 e. The number of hydrogen-bond acceptors (Lipinski definition) is 5. The predicted octanol–water partition coefficient (Wildman–Crippen LogP) is 0.378. The van der Waals surface area contributed by atoms with Crippen LogP contribution >= 0.6 is 0 Å². The third-order valence-corrected chi connectivity index (χ3v) is 6.27. The van der Waals surface area contributed by atoms with Gasteiger partial charge in [-0.25, -0.2) is 8.42 Å². The number of carbonyl (C=O) groups is 1. The van der Waals surface area contributed by atoms with Gasteiger partial charge in [0.25, 0.3) is 5.91 Å². The second-order valence-electron chi connectivity index (χ2n) is 6.13. The Labute approximate surface area is 142 Å². The fraction of sp³-hybridized carbons (Fsp3) is 0.562. The summed E-state index contributed by atoms with van der Waals surface area (Å²) < 4.78 is 32.0. The second-order valence-corrected chi connectivity index (χ2v) is 8.32. The average molecular weight is 353 g/mol. The number of carbonyl (C=O) groups excluding carboxylic acids is 1. The van der Waals surface area contributed by atoms with E-state index in [2.05, 4.69) is 4.90 Å². The molecule has 0 spiro atoms. The van der Waals surface area contributed by atoms with E-state index in [0.717, 1.165) is 13.1 Å². The number of rotatable bonds is 3. The molecule has 1 aromatic rings. The first-order chi connectivity index (χ1) is 11.4. The van der Waals surface area contributed by atoms with E-state index in [1.807, 2.05) is 7.05 Å². The molecule has 1 aromatic carbocycles. The highest BCUT2D eigenvalue weighted by Crippen LogP contribution is 2.35. The number of piperazine rings is 1. The zero-order valence-electron chi connectivity index (χ0n) is 14.0. The Morgan fingerprint density at radius 3 is 2.54 bits per heavy atom. The Bertz CT molecular complexity index is 714. The molecule has 2 aliphatic rings. The van der Waals surface area contributed by atoms with Crippen molar-refractivity contribution in [2.45, 2.75) is 13.0 Å². The van der Waals surface area contributed by atoms with Crippen LogP contribution < -0.4 is 9.04 Å². The highest BCUT2D eigenvalue weighted by atomic mass is 32.2. The molecular weight excluding hydrogens is 330 g/mol. The number of hydrogen-bond donors (Lipinski definition) is 0. The van der Waals surface area contributed by atoms with E-state index in [9.17, 15) is 13.2 Å². The van der Waals surface area contributed by atoms with Crippen molar-refractivity contribution in [3.63, 3.8) is 0 Å². The molecule has 3 rings (SSSR count). The number of likely N-dealkylation sites (N-methyl/N-ethyl adjacent to an activating group) is 1. The monoisotopic (exact) mass is 353 g/mol. The lowest BCUT2D eigenvalue weighted by Crippen LogP contribution is -2.55.